The Balaban J connectivity index is 1.25. The number of para-hydroxylation sites is 1. The molecule has 0 unspecified atom stereocenters. The van der Waals surface area contributed by atoms with E-state index >= 15 is 0 Å². The van der Waals surface area contributed by atoms with Crippen LogP contribution in [0.15, 0.2) is 140 Å². The molecule has 0 aliphatic heterocycles. The second-order valence-electron chi connectivity index (χ2n) is 12.8. The summed E-state index contributed by atoms with van der Waals surface area (Å²) in [7, 11) is 0. The van der Waals surface area contributed by atoms with Gasteiger partial charge in [0, 0.05) is 38.6 Å². The van der Waals surface area contributed by atoms with Gasteiger partial charge < -0.3 is 4.57 Å². The zero-order valence-electron chi connectivity index (χ0n) is 26.5. The van der Waals surface area contributed by atoms with Crippen molar-refractivity contribution in [1.29, 1.82) is 5.26 Å². The minimum Gasteiger partial charge on any atom is -0.309 e. The topological polar surface area (TPSA) is 67.4 Å². The fourth-order valence-corrected chi connectivity index (χ4v) is 7.50. The number of nitriles is 1. The van der Waals surface area contributed by atoms with Crippen LogP contribution in [0.1, 0.15) is 30.5 Å². The molecule has 0 spiro atoms. The van der Waals surface area contributed by atoms with Gasteiger partial charge in [0.2, 0.25) is 0 Å². The first kappa shape index (κ1) is 27.9. The van der Waals surface area contributed by atoms with E-state index in [4.69, 9.17) is 15.0 Å². The van der Waals surface area contributed by atoms with Crippen LogP contribution in [-0.2, 0) is 5.41 Å². The Morgan fingerprint density at radius 3 is 1.88 bits per heavy atom. The molecule has 0 saturated carbocycles. The molecule has 0 bridgehead atoms. The number of hydrogen-bond acceptors (Lipinski definition) is 4. The molecule has 0 saturated heterocycles. The van der Waals surface area contributed by atoms with Crippen LogP contribution in [0, 0.1) is 11.3 Å². The van der Waals surface area contributed by atoms with Gasteiger partial charge in [-0.1, -0.05) is 123 Å². The van der Waals surface area contributed by atoms with E-state index < -0.39 is 0 Å². The molecule has 0 N–H and O–H groups in total. The van der Waals surface area contributed by atoms with Gasteiger partial charge in [-0.05, 0) is 52.6 Å². The van der Waals surface area contributed by atoms with Crippen molar-refractivity contribution >= 4 is 21.8 Å². The maximum atomic E-state index is 10.6. The molecular formula is C43H29N5. The molecule has 226 valence electrons. The van der Waals surface area contributed by atoms with E-state index in [0.29, 0.717) is 28.6 Å². The summed E-state index contributed by atoms with van der Waals surface area (Å²) >= 11 is 0. The summed E-state index contributed by atoms with van der Waals surface area (Å²) < 4.78 is 2.28. The number of hydrogen-bond donors (Lipinski definition) is 0. The molecule has 5 heteroatoms. The third-order valence-electron chi connectivity index (χ3n) is 9.68. The minimum atomic E-state index is -0.159. The van der Waals surface area contributed by atoms with Crippen molar-refractivity contribution in [2.75, 3.05) is 0 Å². The van der Waals surface area contributed by atoms with Crippen LogP contribution < -0.4 is 0 Å². The highest BCUT2D eigenvalue weighted by atomic mass is 15.0. The van der Waals surface area contributed by atoms with Gasteiger partial charge in [0.05, 0.1) is 22.7 Å². The van der Waals surface area contributed by atoms with Crippen LogP contribution in [0.25, 0.3) is 72.8 Å². The van der Waals surface area contributed by atoms with Crippen molar-refractivity contribution in [2.45, 2.75) is 19.3 Å². The molecule has 5 nitrogen and oxygen atoms in total. The molecule has 2 aromatic heterocycles. The van der Waals surface area contributed by atoms with E-state index in [2.05, 4.69) is 91.2 Å². The summed E-state index contributed by atoms with van der Waals surface area (Å²) in [6.07, 6.45) is 0. The quantitative estimate of drug-likeness (QED) is 0.198. The summed E-state index contributed by atoms with van der Waals surface area (Å²) in [6, 6.07) is 50.1. The Bertz CT molecular complexity index is 2530. The van der Waals surface area contributed by atoms with Gasteiger partial charge in [-0.25, -0.2) is 15.0 Å². The Kier molecular flexibility index (Phi) is 6.15. The summed E-state index contributed by atoms with van der Waals surface area (Å²) in [5.74, 6) is 1.59. The van der Waals surface area contributed by atoms with Crippen molar-refractivity contribution in [3.63, 3.8) is 0 Å². The Hall–Kier alpha value is -6.38. The molecule has 8 aromatic rings. The van der Waals surface area contributed by atoms with E-state index in [1.165, 1.54) is 33.0 Å². The highest BCUT2D eigenvalue weighted by Crippen LogP contribution is 2.53. The molecule has 0 amide bonds. The van der Waals surface area contributed by atoms with Crippen molar-refractivity contribution < 1.29 is 0 Å². The Morgan fingerprint density at radius 2 is 1.17 bits per heavy atom. The normalized spacial score (nSPS) is 12.9. The van der Waals surface area contributed by atoms with Crippen LogP contribution in [0.2, 0.25) is 0 Å². The fraction of sp³-hybridized carbons (Fsp3) is 0.0698. The number of aromatic nitrogens is 4. The maximum absolute atomic E-state index is 10.6. The third-order valence-corrected chi connectivity index (χ3v) is 9.68. The number of benzene rings is 6. The maximum Gasteiger partial charge on any atom is 0.165 e. The molecular weight excluding hydrogens is 587 g/mol. The molecule has 6 aromatic carbocycles. The molecule has 0 fully saturated rings. The SMILES string of the molecule is CC1(C)c2ccccc2-c2ccc3c(c21)c1ccccc1n3-c1ccc(-c2nc(-c3ccccc3)nc(-c3ccccc3)n2)c(C#N)c1. The van der Waals surface area contributed by atoms with Gasteiger partial charge in [0.1, 0.15) is 0 Å². The third kappa shape index (κ3) is 4.13. The lowest BCUT2D eigenvalue weighted by atomic mass is 9.80. The molecule has 9 rings (SSSR count). The first-order valence-corrected chi connectivity index (χ1v) is 16.1. The lowest BCUT2D eigenvalue weighted by Gasteiger charge is -2.22. The smallest absolute Gasteiger partial charge is 0.165 e. The lowest BCUT2D eigenvalue weighted by Crippen LogP contribution is -2.15. The largest absolute Gasteiger partial charge is 0.309 e. The molecule has 0 radical (unpaired) electrons. The predicted octanol–water partition coefficient (Wildman–Crippen LogP) is 10.1. The van der Waals surface area contributed by atoms with Crippen LogP contribution in [-0.4, -0.2) is 19.5 Å². The average Bonchev–Trinajstić information content (AvgIpc) is 3.60. The molecule has 0 atom stereocenters. The summed E-state index contributed by atoms with van der Waals surface area (Å²) in [5, 5.41) is 13.0. The Morgan fingerprint density at radius 1 is 0.562 bits per heavy atom. The van der Waals surface area contributed by atoms with E-state index in [1.807, 2.05) is 72.8 Å². The zero-order chi connectivity index (χ0) is 32.4. The number of nitrogens with zero attached hydrogens (tertiary/aromatic N) is 5. The first-order valence-electron chi connectivity index (χ1n) is 16.1. The van der Waals surface area contributed by atoms with Crippen LogP contribution >= 0.6 is 0 Å². The first-order chi connectivity index (χ1) is 23.5. The van der Waals surface area contributed by atoms with Crippen molar-refractivity contribution in [1.82, 2.24) is 19.5 Å². The van der Waals surface area contributed by atoms with E-state index in [1.54, 1.807) is 0 Å². The van der Waals surface area contributed by atoms with Crippen molar-refractivity contribution in [3.05, 3.63) is 156 Å². The van der Waals surface area contributed by atoms with E-state index in [9.17, 15) is 5.26 Å². The summed E-state index contributed by atoms with van der Waals surface area (Å²) in [6.45, 7) is 4.65. The highest BCUT2D eigenvalue weighted by molar-refractivity contribution is 6.14. The predicted molar refractivity (Wildman–Crippen MR) is 193 cm³/mol. The minimum absolute atomic E-state index is 0.159. The van der Waals surface area contributed by atoms with E-state index in [-0.39, 0.29) is 5.41 Å². The standard InChI is InChI=1S/C43H29N5/c1-43(2)35-19-11-9-17-32(35)33-23-24-37-38(39(33)43)34-18-10-12-20-36(34)48(37)30-21-22-31(29(25-30)26-44)42-46-40(27-13-5-3-6-14-27)45-41(47-42)28-15-7-4-8-16-28/h3-25H,1-2H3. The lowest BCUT2D eigenvalue weighted by molar-refractivity contribution is 0.666. The molecule has 1 aliphatic rings. The molecule has 2 heterocycles. The number of fused-ring (bicyclic) bond motifs is 7. The second-order valence-corrected chi connectivity index (χ2v) is 12.8. The van der Waals surface area contributed by atoms with Gasteiger partial charge in [0.25, 0.3) is 0 Å². The van der Waals surface area contributed by atoms with Gasteiger partial charge in [0.15, 0.2) is 17.5 Å². The zero-order valence-corrected chi connectivity index (χ0v) is 26.5. The van der Waals surface area contributed by atoms with Crippen LogP contribution in [0.3, 0.4) is 0 Å². The Labute approximate surface area is 278 Å². The van der Waals surface area contributed by atoms with Crippen LogP contribution in [0.4, 0.5) is 0 Å². The van der Waals surface area contributed by atoms with Gasteiger partial charge in [-0.15, -0.1) is 0 Å². The van der Waals surface area contributed by atoms with Crippen molar-refractivity contribution in [2.24, 2.45) is 0 Å². The highest BCUT2D eigenvalue weighted by Gasteiger charge is 2.38. The average molecular weight is 616 g/mol. The molecule has 48 heavy (non-hydrogen) atoms. The van der Waals surface area contributed by atoms with Crippen LogP contribution in [0.5, 0.6) is 0 Å². The van der Waals surface area contributed by atoms with E-state index in [0.717, 1.165) is 27.8 Å². The summed E-state index contributed by atoms with van der Waals surface area (Å²) in [4.78, 5) is 14.6. The molecule has 1 aliphatic carbocycles. The van der Waals surface area contributed by atoms with Gasteiger partial charge >= 0.3 is 0 Å². The monoisotopic (exact) mass is 615 g/mol. The second kappa shape index (κ2) is 10.6. The van der Waals surface area contributed by atoms with Gasteiger partial charge in [-0.2, -0.15) is 5.26 Å². The number of rotatable bonds is 4. The van der Waals surface area contributed by atoms with Gasteiger partial charge in [-0.3, -0.25) is 0 Å². The fourth-order valence-electron chi connectivity index (χ4n) is 7.50. The van der Waals surface area contributed by atoms with Crippen molar-refractivity contribution in [3.8, 4) is 57.0 Å². The summed E-state index contributed by atoms with van der Waals surface area (Å²) in [5.41, 5.74) is 11.2.